The van der Waals surface area contributed by atoms with Crippen molar-refractivity contribution in [3.05, 3.63) is 58.3 Å². The van der Waals surface area contributed by atoms with Crippen LogP contribution in [-0.2, 0) is 4.79 Å². The average Bonchev–Trinajstić information content (AvgIpc) is 3.06. The molecule has 1 aliphatic heterocycles. The van der Waals surface area contributed by atoms with Crippen LogP contribution in [0.4, 0.5) is 5.69 Å². The number of hydrogen-bond acceptors (Lipinski definition) is 2. The zero-order valence-electron chi connectivity index (χ0n) is 13.4. The molecule has 0 spiro atoms. The van der Waals surface area contributed by atoms with Gasteiger partial charge in [0.2, 0.25) is 0 Å². The first-order chi connectivity index (χ1) is 11.5. The standard InChI is InChI=1S/C19H16BrN3O/c1-11(2)23-17-6-4-3-5-16(17)21-18(23)10-14-13-9-12(20)7-8-15(13)22-19(14)24/h3-11H,1-2H3,(H,22,24)/b14-10+. The van der Waals surface area contributed by atoms with E-state index in [4.69, 9.17) is 4.98 Å². The minimum absolute atomic E-state index is 0.0922. The number of halogens is 1. The fraction of sp³-hybridized carbons (Fsp3) is 0.158. The normalized spacial score (nSPS) is 15.3. The minimum Gasteiger partial charge on any atom is -0.322 e. The number of carbonyl (C=O) groups is 1. The van der Waals surface area contributed by atoms with Gasteiger partial charge in [0, 0.05) is 21.8 Å². The maximum Gasteiger partial charge on any atom is 0.256 e. The third-order valence-electron chi connectivity index (χ3n) is 4.18. The van der Waals surface area contributed by atoms with Crippen molar-refractivity contribution in [2.45, 2.75) is 19.9 Å². The lowest BCUT2D eigenvalue weighted by molar-refractivity contribution is -0.110. The molecule has 1 aliphatic rings. The molecular formula is C19H16BrN3O. The number of rotatable bonds is 2. The fourth-order valence-corrected chi connectivity index (χ4v) is 3.50. The van der Waals surface area contributed by atoms with Crippen LogP contribution >= 0.6 is 15.9 Å². The smallest absolute Gasteiger partial charge is 0.256 e. The van der Waals surface area contributed by atoms with Crippen LogP contribution in [0.3, 0.4) is 0 Å². The number of benzene rings is 2. The molecule has 0 saturated heterocycles. The van der Waals surface area contributed by atoms with Gasteiger partial charge in [-0.25, -0.2) is 4.98 Å². The fourth-order valence-electron chi connectivity index (χ4n) is 3.14. The van der Waals surface area contributed by atoms with E-state index in [1.807, 2.05) is 42.5 Å². The summed E-state index contributed by atoms with van der Waals surface area (Å²) in [7, 11) is 0. The maximum absolute atomic E-state index is 12.4. The molecule has 5 heteroatoms. The summed E-state index contributed by atoms with van der Waals surface area (Å²) in [6.07, 6.45) is 1.88. The van der Waals surface area contributed by atoms with Gasteiger partial charge >= 0.3 is 0 Å². The van der Waals surface area contributed by atoms with Crippen LogP contribution < -0.4 is 5.32 Å². The second-order valence-electron chi connectivity index (χ2n) is 6.12. The molecule has 0 saturated carbocycles. The van der Waals surface area contributed by atoms with Gasteiger partial charge in [-0.15, -0.1) is 0 Å². The number of para-hydroxylation sites is 2. The monoisotopic (exact) mass is 381 g/mol. The quantitative estimate of drug-likeness (QED) is 0.643. The van der Waals surface area contributed by atoms with Gasteiger partial charge in [0.15, 0.2) is 0 Å². The molecule has 0 aliphatic carbocycles. The van der Waals surface area contributed by atoms with Gasteiger partial charge in [-0.1, -0.05) is 28.1 Å². The van der Waals surface area contributed by atoms with Crippen molar-refractivity contribution in [1.82, 2.24) is 9.55 Å². The first kappa shape index (κ1) is 15.1. The maximum atomic E-state index is 12.4. The second kappa shape index (κ2) is 5.60. The largest absolute Gasteiger partial charge is 0.322 e. The summed E-state index contributed by atoms with van der Waals surface area (Å²) in [5.41, 5.74) is 4.39. The number of fused-ring (bicyclic) bond motifs is 2. The summed E-state index contributed by atoms with van der Waals surface area (Å²) in [5, 5.41) is 2.91. The van der Waals surface area contributed by atoms with Crippen molar-refractivity contribution in [3.8, 4) is 0 Å². The van der Waals surface area contributed by atoms with Crippen LogP contribution in [-0.4, -0.2) is 15.5 Å². The molecule has 0 bridgehead atoms. The van der Waals surface area contributed by atoms with Crippen molar-refractivity contribution >= 4 is 50.2 Å². The molecular weight excluding hydrogens is 366 g/mol. The Morgan fingerprint density at radius 1 is 1.21 bits per heavy atom. The van der Waals surface area contributed by atoms with E-state index in [0.29, 0.717) is 5.57 Å². The molecule has 2 aromatic carbocycles. The Kier molecular flexibility index (Phi) is 3.53. The molecule has 0 atom stereocenters. The van der Waals surface area contributed by atoms with Gasteiger partial charge in [0.25, 0.3) is 5.91 Å². The van der Waals surface area contributed by atoms with Crippen LogP contribution in [0.15, 0.2) is 46.9 Å². The van der Waals surface area contributed by atoms with Gasteiger partial charge in [0.05, 0.1) is 16.6 Å². The number of nitrogens with zero attached hydrogens (tertiary/aromatic N) is 2. The molecule has 120 valence electrons. The molecule has 1 aromatic heterocycles. The number of hydrogen-bond donors (Lipinski definition) is 1. The van der Waals surface area contributed by atoms with E-state index in [0.717, 1.165) is 32.6 Å². The first-order valence-electron chi connectivity index (χ1n) is 7.84. The highest BCUT2D eigenvalue weighted by Gasteiger charge is 2.25. The summed E-state index contributed by atoms with van der Waals surface area (Å²) in [6.45, 7) is 4.24. The van der Waals surface area contributed by atoms with E-state index >= 15 is 0 Å². The molecule has 0 fully saturated rings. The summed E-state index contributed by atoms with van der Waals surface area (Å²) in [4.78, 5) is 17.1. The lowest BCUT2D eigenvalue weighted by Crippen LogP contribution is -2.06. The molecule has 2 heterocycles. The Hall–Kier alpha value is -2.40. The predicted octanol–water partition coefficient (Wildman–Crippen LogP) is 4.87. The molecule has 0 unspecified atom stereocenters. The van der Waals surface area contributed by atoms with Gasteiger partial charge in [-0.05, 0) is 50.3 Å². The van der Waals surface area contributed by atoms with Crippen LogP contribution in [0.2, 0.25) is 0 Å². The third kappa shape index (κ3) is 2.36. The Morgan fingerprint density at radius 3 is 2.79 bits per heavy atom. The summed E-state index contributed by atoms with van der Waals surface area (Å²) in [6, 6.07) is 14.1. The highest BCUT2D eigenvalue weighted by atomic mass is 79.9. The topological polar surface area (TPSA) is 46.9 Å². The molecule has 4 nitrogen and oxygen atoms in total. The Morgan fingerprint density at radius 2 is 2.00 bits per heavy atom. The molecule has 1 N–H and O–H groups in total. The Balaban J connectivity index is 1.94. The SMILES string of the molecule is CC(C)n1c(/C=C2/C(=O)Nc3ccc(Br)cc32)nc2ccccc21. The van der Waals surface area contributed by atoms with E-state index in [2.05, 4.69) is 45.7 Å². The van der Waals surface area contributed by atoms with Crippen LogP contribution in [0.5, 0.6) is 0 Å². The molecule has 24 heavy (non-hydrogen) atoms. The highest BCUT2D eigenvalue weighted by molar-refractivity contribution is 9.10. The van der Waals surface area contributed by atoms with E-state index in [-0.39, 0.29) is 11.9 Å². The Labute approximate surface area is 148 Å². The number of nitrogens with one attached hydrogen (secondary N) is 1. The van der Waals surface area contributed by atoms with E-state index in [1.165, 1.54) is 0 Å². The number of aromatic nitrogens is 2. The molecule has 3 aromatic rings. The number of imidazole rings is 1. The highest BCUT2D eigenvalue weighted by Crippen LogP contribution is 2.35. The number of carbonyl (C=O) groups excluding carboxylic acids is 1. The zero-order valence-corrected chi connectivity index (χ0v) is 15.0. The van der Waals surface area contributed by atoms with E-state index in [9.17, 15) is 4.79 Å². The molecule has 1 amide bonds. The second-order valence-corrected chi connectivity index (χ2v) is 7.04. The van der Waals surface area contributed by atoms with Crippen molar-refractivity contribution < 1.29 is 4.79 Å². The lowest BCUT2D eigenvalue weighted by atomic mass is 10.1. The summed E-state index contributed by atoms with van der Waals surface area (Å²) < 4.78 is 3.10. The van der Waals surface area contributed by atoms with Crippen molar-refractivity contribution in [2.75, 3.05) is 5.32 Å². The molecule has 4 rings (SSSR count). The van der Waals surface area contributed by atoms with Crippen molar-refractivity contribution in [2.24, 2.45) is 0 Å². The first-order valence-corrected chi connectivity index (χ1v) is 8.64. The molecule has 0 radical (unpaired) electrons. The number of anilines is 1. The summed E-state index contributed by atoms with van der Waals surface area (Å²) in [5.74, 6) is 0.703. The Bertz CT molecular complexity index is 1000. The van der Waals surface area contributed by atoms with Crippen molar-refractivity contribution in [3.63, 3.8) is 0 Å². The summed E-state index contributed by atoms with van der Waals surface area (Å²) >= 11 is 3.48. The minimum atomic E-state index is -0.0922. The third-order valence-corrected chi connectivity index (χ3v) is 4.67. The van der Waals surface area contributed by atoms with Crippen molar-refractivity contribution in [1.29, 1.82) is 0 Å². The van der Waals surface area contributed by atoms with Gasteiger partial charge in [-0.3, -0.25) is 4.79 Å². The van der Waals surface area contributed by atoms with Gasteiger partial charge in [0.1, 0.15) is 5.82 Å². The van der Waals surface area contributed by atoms with Crippen LogP contribution in [0.25, 0.3) is 22.7 Å². The van der Waals surface area contributed by atoms with Crippen LogP contribution in [0.1, 0.15) is 31.3 Å². The number of amides is 1. The van der Waals surface area contributed by atoms with E-state index < -0.39 is 0 Å². The van der Waals surface area contributed by atoms with Crippen LogP contribution in [0, 0.1) is 0 Å². The lowest BCUT2D eigenvalue weighted by Gasteiger charge is -2.11. The van der Waals surface area contributed by atoms with Gasteiger partial charge in [-0.2, -0.15) is 0 Å². The van der Waals surface area contributed by atoms with E-state index in [1.54, 1.807) is 0 Å². The predicted molar refractivity (Wildman–Crippen MR) is 101 cm³/mol. The average molecular weight is 382 g/mol. The zero-order chi connectivity index (χ0) is 16.8. The van der Waals surface area contributed by atoms with Gasteiger partial charge < -0.3 is 9.88 Å².